The van der Waals surface area contributed by atoms with Crippen LogP contribution in [0.3, 0.4) is 0 Å². The second-order valence-corrected chi connectivity index (χ2v) is 13.4. The van der Waals surface area contributed by atoms with Crippen LogP contribution in [0, 0.1) is 17.5 Å². The number of ether oxygens (including phenoxy) is 4. The van der Waals surface area contributed by atoms with E-state index in [0.717, 1.165) is 40.6 Å². The van der Waals surface area contributed by atoms with Crippen LogP contribution in [0.5, 0.6) is 11.5 Å². The van der Waals surface area contributed by atoms with Crippen molar-refractivity contribution >= 4 is 46.0 Å². The minimum atomic E-state index is -0.710. The maximum absolute atomic E-state index is 15.2. The van der Waals surface area contributed by atoms with Crippen molar-refractivity contribution in [2.75, 3.05) is 44.6 Å². The van der Waals surface area contributed by atoms with Crippen molar-refractivity contribution < 1.29 is 32.1 Å². The highest BCUT2D eigenvalue weighted by atomic mass is 127. The number of rotatable bonds is 15. The van der Waals surface area contributed by atoms with E-state index in [2.05, 4.69) is 29.5 Å². The zero-order valence-electron chi connectivity index (χ0n) is 25.6. The number of hydrogen-bond donors (Lipinski definition) is 0. The first kappa shape index (κ1) is 34.9. The lowest BCUT2D eigenvalue weighted by molar-refractivity contribution is 0.0416. The molecule has 0 saturated carbocycles. The third kappa shape index (κ3) is 7.98. The summed E-state index contributed by atoms with van der Waals surface area (Å²) in [5.41, 5.74) is 2.96. The van der Waals surface area contributed by atoms with E-state index >= 15 is 8.78 Å². The number of fused-ring (bicyclic) bond motifs is 1. The SMILES string of the molecule is COc1cc(C2(C)CCCc3nc(SCc4c(F)cc(OCCOCCOCCI)cc4F)n(-c4ccc(F)cc4)c32)ccc1Cl. The van der Waals surface area contributed by atoms with Gasteiger partial charge < -0.3 is 18.9 Å². The highest BCUT2D eigenvalue weighted by Gasteiger charge is 2.40. The fourth-order valence-electron chi connectivity index (χ4n) is 5.65. The van der Waals surface area contributed by atoms with Crippen LogP contribution in [0.2, 0.25) is 5.02 Å². The zero-order chi connectivity index (χ0) is 32.7. The molecule has 4 aromatic rings. The van der Waals surface area contributed by atoms with Gasteiger partial charge in [-0.3, -0.25) is 4.57 Å². The number of methoxy groups -OCH3 is 1. The van der Waals surface area contributed by atoms with Crippen LogP contribution in [-0.4, -0.2) is 54.1 Å². The van der Waals surface area contributed by atoms with Crippen molar-refractivity contribution in [1.29, 1.82) is 0 Å². The molecular formula is C34H35ClF3IN2O4S. The molecule has 0 N–H and O–H groups in total. The molecule has 0 fully saturated rings. The molecule has 12 heteroatoms. The van der Waals surface area contributed by atoms with Crippen molar-refractivity contribution in [3.63, 3.8) is 0 Å². The molecule has 1 atom stereocenters. The predicted octanol–water partition coefficient (Wildman–Crippen LogP) is 8.73. The Morgan fingerprint density at radius 3 is 2.35 bits per heavy atom. The van der Waals surface area contributed by atoms with Gasteiger partial charge in [-0.25, -0.2) is 18.2 Å². The Balaban J connectivity index is 1.39. The summed E-state index contributed by atoms with van der Waals surface area (Å²) < 4.78 is 69.2. The molecule has 46 heavy (non-hydrogen) atoms. The number of benzene rings is 3. The Hall–Kier alpha value is -2.45. The second kappa shape index (κ2) is 16.1. The quantitative estimate of drug-likeness (QED) is 0.0521. The maximum atomic E-state index is 15.2. The average Bonchev–Trinajstić information content (AvgIpc) is 3.42. The van der Waals surface area contributed by atoms with Gasteiger partial charge in [0.05, 0.1) is 49.9 Å². The monoisotopic (exact) mass is 786 g/mol. The third-order valence-electron chi connectivity index (χ3n) is 7.95. The molecule has 1 aromatic heterocycles. The van der Waals surface area contributed by atoms with Gasteiger partial charge in [0.15, 0.2) is 5.16 Å². The maximum Gasteiger partial charge on any atom is 0.173 e. The first-order valence-electron chi connectivity index (χ1n) is 14.9. The van der Waals surface area contributed by atoms with Crippen molar-refractivity contribution in [1.82, 2.24) is 9.55 Å². The van der Waals surface area contributed by atoms with Gasteiger partial charge in [0.2, 0.25) is 0 Å². The number of aryl methyl sites for hydroxylation is 1. The summed E-state index contributed by atoms with van der Waals surface area (Å²) in [7, 11) is 1.58. The van der Waals surface area contributed by atoms with E-state index in [1.54, 1.807) is 19.2 Å². The molecule has 1 unspecified atom stereocenters. The Bertz CT molecular complexity index is 1620. The van der Waals surface area contributed by atoms with E-state index in [1.165, 1.54) is 36.0 Å². The first-order chi connectivity index (χ1) is 22.2. The van der Waals surface area contributed by atoms with Gasteiger partial charge in [0.1, 0.15) is 35.6 Å². The number of alkyl halides is 1. The third-order valence-corrected chi connectivity index (χ3v) is 9.67. The lowest BCUT2D eigenvalue weighted by Gasteiger charge is -2.36. The van der Waals surface area contributed by atoms with Gasteiger partial charge in [-0.1, -0.05) is 52.0 Å². The molecule has 1 aliphatic carbocycles. The molecule has 5 rings (SSSR count). The van der Waals surface area contributed by atoms with E-state index in [1.807, 2.05) is 22.8 Å². The van der Waals surface area contributed by atoms with Crippen molar-refractivity contribution in [3.8, 4) is 17.2 Å². The Morgan fingerprint density at radius 1 is 0.957 bits per heavy atom. The van der Waals surface area contributed by atoms with E-state index in [-0.39, 0.29) is 36.1 Å². The molecule has 0 spiro atoms. The molecule has 1 aliphatic rings. The van der Waals surface area contributed by atoms with Crippen molar-refractivity contribution in [2.45, 2.75) is 42.5 Å². The number of aromatic nitrogens is 2. The minimum absolute atomic E-state index is 0.0130. The number of nitrogens with zero attached hydrogens (tertiary/aromatic N) is 2. The zero-order valence-corrected chi connectivity index (χ0v) is 29.3. The predicted molar refractivity (Wildman–Crippen MR) is 183 cm³/mol. The summed E-state index contributed by atoms with van der Waals surface area (Å²) in [6, 6.07) is 14.3. The van der Waals surface area contributed by atoms with E-state index in [9.17, 15) is 4.39 Å². The smallest absolute Gasteiger partial charge is 0.173 e. The number of halogens is 5. The van der Waals surface area contributed by atoms with Crippen molar-refractivity contribution in [3.05, 3.63) is 99.6 Å². The molecular weight excluding hydrogens is 752 g/mol. The van der Waals surface area contributed by atoms with Crippen LogP contribution >= 0.6 is 46.0 Å². The minimum Gasteiger partial charge on any atom is -0.495 e. The highest BCUT2D eigenvalue weighted by Crippen LogP contribution is 2.47. The van der Waals surface area contributed by atoms with E-state index < -0.39 is 17.0 Å². The summed E-state index contributed by atoms with van der Waals surface area (Å²) in [5, 5.41) is 1.07. The topological polar surface area (TPSA) is 54.7 Å². The lowest BCUT2D eigenvalue weighted by atomic mass is 9.71. The lowest BCUT2D eigenvalue weighted by Crippen LogP contribution is -2.31. The summed E-state index contributed by atoms with van der Waals surface area (Å²) in [6.45, 7) is 4.13. The van der Waals surface area contributed by atoms with E-state index in [4.69, 9.17) is 35.5 Å². The van der Waals surface area contributed by atoms with Gasteiger partial charge in [-0.2, -0.15) is 0 Å². The number of hydrogen-bond acceptors (Lipinski definition) is 6. The summed E-state index contributed by atoms with van der Waals surface area (Å²) in [6.07, 6.45) is 2.45. The molecule has 3 aromatic carbocycles. The molecule has 246 valence electrons. The number of thioether (sulfide) groups is 1. The van der Waals surface area contributed by atoms with Crippen LogP contribution in [-0.2, 0) is 27.1 Å². The normalized spacial score (nSPS) is 16.0. The van der Waals surface area contributed by atoms with Crippen LogP contribution in [0.25, 0.3) is 5.69 Å². The largest absolute Gasteiger partial charge is 0.495 e. The molecule has 0 amide bonds. The number of imidazole rings is 1. The summed E-state index contributed by atoms with van der Waals surface area (Å²) in [4.78, 5) is 4.99. The highest BCUT2D eigenvalue weighted by molar-refractivity contribution is 14.1. The first-order valence-corrected chi connectivity index (χ1v) is 17.8. The average molecular weight is 787 g/mol. The summed E-state index contributed by atoms with van der Waals surface area (Å²) in [5.74, 6) is -1.14. The fourth-order valence-corrected chi connectivity index (χ4v) is 7.21. The molecule has 6 nitrogen and oxygen atoms in total. The fraction of sp³-hybridized carbons (Fsp3) is 0.382. The Kier molecular flexibility index (Phi) is 12.2. The Morgan fingerprint density at radius 2 is 1.65 bits per heavy atom. The Labute approximate surface area is 290 Å². The standard InChI is InChI=1S/C34H35ClF3IN2O4S/c1-34(22-5-10-27(35)31(18-22)42-2)11-3-4-30-32(34)41(24-8-6-23(36)7-9-24)33(40-30)46-21-26-28(37)19-25(20-29(26)38)45-17-16-44-15-14-43-13-12-39/h5-10,18-20H,3-4,11-17,21H2,1-2H3. The van der Waals surface area contributed by atoms with E-state index in [0.29, 0.717) is 41.4 Å². The molecule has 0 radical (unpaired) electrons. The van der Waals surface area contributed by atoms with Gasteiger partial charge in [-0.15, -0.1) is 0 Å². The summed E-state index contributed by atoms with van der Waals surface area (Å²) >= 11 is 9.81. The van der Waals surface area contributed by atoms with Crippen LogP contribution < -0.4 is 9.47 Å². The molecule has 0 bridgehead atoms. The second-order valence-electron chi connectivity index (χ2n) is 11.0. The van der Waals surface area contributed by atoms with Gasteiger partial charge >= 0.3 is 0 Å². The van der Waals surface area contributed by atoms with Crippen LogP contribution in [0.1, 0.15) is 42.3 Å². The van der Waals surface area contributed by atoms with Crippen LogP contribution in [0.15, 0.2) is 59.8 Å². The van der Waals surface area contributed by atoms with Gasteiger partial charge in [0, 0.05) is 39.0 Å². The molecule has 1 heterocycles. The van der Waals surface area contributed by atoms with Gasteiger partial charge in [-0.05, 0) is 68.1 Å². The van der Waals surface area contributed by atoms with Crippen LogP contribution in [0.4, 0.5) is 13.2 Å². The molecule has 0 aliphatic heterocycles. The van der Waals surface area contributed by atoms with Gasteiger partial charge in [0.25, 0.3) is 0 Å². The molecule has 0 saturated heterocycles. The van der Waals surface area contributed by atoms with Crippen molar-refractivity contribution in [2.24, 2.45) is 0 Å².